The molecule has 0 aromatic rings. The van der Waals surface area contributed by atoms with E-state index in [4.69, 9.17) is 14.2 Å². The van der Waals surface area contributed by atoms with Crippen molar-refractivity contribution in [3.05, 3.63) is 0 Å². The van der Waals surface area contributed by atoms with Crippen molar-refractivity contribution in [3.63, 3.8) is 0 Å². The van der Waals surface area contributed by atoms with Crippen molar-refractivity contribution in [1.29, 1.82) is 0 Å². The van der Waals surface area contributed by atoms with Crippen molar-refractivity contribution in [2.45, 2.75) is 64.1 Å². The molecular weight excluding hydrogens is 264 g/mol. The predicted molar refractivity (Wildman–Crippen MR) is 72.3 cm³/mol. The molecule has 0 aromatic carbocycles. The number of Topliss-reactive ketones (excluding diaryl/α,β-unsaturated/α-hetero) is 1. The molecule has 0 bridgehead atoms. The zero-order chi connectivity index (χ0) is 15.2. The molecule has 118 valence electrons. The second-order valence-electron chi connectivity index (χ2n) is 4.96. The first-order valence-electron chi connectivity index (χ1n) is 7.29. The number of carbonyl (C=O) groups excluding carboxylic acids is 1. The van der Waals surface area contributed by atoms with E-state index in [1.165, 1.54) is 0 Å². The van der Waals surface area contributed by atoms with Crippen LogP contribution in [-0.4, -0.2) is 59.9 Å². The van der Waals surface area contributed by atoms with Gasteiger partial charge in [0.25, 0.3) is 0 Å². The molecule has 1 heterocycles. The summed E-state index contributed by atoms with van der Waals surface area (Å²) < 4.78 is 16.3. The van der Waals surface area contributed by atoms with E-state index < -0.39 is 29.9 Å². The van der Waals surface area contributed by atoms with Gasteiger partial charge in [-0.2, -0.15) is 0 Å². The van der Waals surface area contributed by atoms with Crippen molar-refractivity contribution in [1.82, 2.24) is 0 Å². The number of carbonyl (C=O) groups is 1. The highest BCUT2D eigenvalue weighted by Gasteiger charge is 2.50. The Morgan fingerprint density at radius 1 is 1.35 bits per heavy atom. The highest BCUT2D eigenvalue weighted by molar-refractivity contribution is 5.85. The highest BCUT2D eigenvalue weighted by Crippen LogP contribution is 2.31. The van der Waals surface area contributed by atoms with Crippen LogP contribution in [0.2, 0.25) is 0 Å². The van der Waals surface area contributed by atoms with Crippen molar-refractivity contribution in [2.75, 3.05) is 19.8 Å². The molecule has 0 aliphatic carbocycles. The van der Waals surface area contributed by atoms with E-state index in [9.17, 15) is 15.0 Å². The summed E-state index contributed by atoms with van der Waals surface area (Å²) in [5.41, 5.74) is 0. The zero-order valence-electron chi connectivity index (χ0n) is 12.5. The third kappa shape index (κ3) is 4.23. The number of rotatable bonds is 8. The zero-order valence-corrected chi connectivity index (χ0v) is 12.5. The van der Waals surface area contributed by atoms with E-state index in [1.54, 1.807) is 0 Å². The Hall–Kier alpha value is -0.530. The first kappa shape index (κ1) is 17.5. The van der Waals surface area contributed by atoms with Crippen LogP contribution < -0.4 is 0 Å². The summed E-state index contributed by atoms with van der Waals surface area (Å²) in [4.78, 5) is 12.0. The lowest BCUT2D eigenvalue weighted by molar-refractivity contribution is -0.296. The molecule has 2 N–H and O–H groups in total. The Kier molecular flexibility index (Phi) is 7.05. The Balaban J connectivity index is 2.82. The average Bonchev–Trinajstić information content (AvgIpc) is 2.40. The van der Waals surface area contributed by atoms with Gasteiger partial charge in [-0.1, -0.05) is 6.92 Å². The van der Waals surface area contributed by atoms with Gasteiger partial charge in [-0.25, -0.2) is 0 Å². The lowest BCUT2D eigenvalue weighted by Gasteiger charge is -2.43. The molecule has 0 unspecified atom stereocenters. The molecule has 0 spiro atoms. The first-order valence-corrected chi connectivity index (χ1v) is 7.29. The summed E-state index contributed by atoms with van der Waals surface area (Å²) in [6.45, 7) is 6.56. The summed E-state index contributed by atoms with van der Waals surface area (Å²) >= 11 is 0. The second-order valence-corrected chi connectivity index (χ2v) is 4.96. The number of ether oxygens (including phenoxy) is 3. The largest absolute Gasteiger partial charge is 0.390 e. The molecule has 0 aromatic heterocycles. The van der Waals surface area contributed by atoms with Gasteiger partial charge in [0.2, 0.25) is 5.79 Å². The predicted octanol–water partition coefficient (Wildman–Crippen LogP) is 0.636. The molecule has 0 radical (unpaired) electrons. The molecule has 1 saturated heterocycles. The van der Waals surface area contributed by atoms with Crippen molar-refractivity contribution >= 4 is 5.78 Å². The van der Waals surface area contributed by atoms with Gasteiger partial charge in [-0.15, -0.1) is 0 Å². The van der Waals surface area contributed by atoms with Gasteiger partial charge in [-0.05, 0) is 20.3 Å². The van der Waals surface area contributed by atoms with Crippen LogP contribution in [0.15, 0.2) is 0 Å². The third-order valence-electron chi connectivity index (χ3n) is 3.34. The number of hydrogen-bond donors (Lipinski definition) is 2. The topological polar surface area (TPSA) is 85.2 Å². The molecule has 1 fully saturated rings. The van der Waals surface area contributed by atoms with Crippen LogP contribution >= 0.6 is 0 Å². The molecule has 20 heavy (non-hydrogen) atoms. The normalized spacial score (nSPS) is 34.1. The summed E-state index contributed by atoms with van der Waals surface area (Å²) in [7, 11) is 0. The van der Waals surface area contributed by atoms with Crippen LogP contribution in [0.1, 0.15) is 40.0 Å². The molecule has 1 aliphatic rings. The van der Waals surface area contributed by atoms with Gasteiger partial charge < -0.3 is 24.4 Å². The van der Waals surface area contributed by atoms with E-state index in [2.05, 4.69) is 0 Å². The smallest absolute Gasteiger partial charge is 0.229 e. The molecule has 0 saturated carbocycles. The molecule has 6 nitrogen and oxygen atoms in total. The van der Waals surface area contributed by atoms with Gasteiger partial charge in [0.15, 0.2) is 5.78 Å². The minimum Gasteiger partial charge on any atom is -0.390 e. The maximum Gasteiger partial charge on any atom is 0.229 e. The van der Waals surface area contributed by atoms with Crippen LogP contribution in [-0.2, 0) is 19.0 Å². The molecule has 0 amide bonds. The minimum atomic E-state index is -1.94. The second kappa shape index (κ2) is 8.05. The van der Waals surface area contributed by atoms with Gasteiger partial charge >= 0.3 is 0 Å². The molecular formula is C14H26O6. The Labute approximate surface area is 120 Å². The lowest BCUT2D eigenvalue weighted by Crippen LogP contribution is -2.60. The summed E-state index contributed by atoms with van der Waals surface area (Å²) in [6, 6.07) is 0. The van der Waals surface area contributed by atoms with Gasteiger partial charge in [0.1, 0.15) is 12.2 Å². The van der Waals surface area contributed by atoms with E-state index in [-0.39, 0.29) is 19.4 Å². The maximum absolute atomic E-state index is 12.0. The highest BCUT2D eigenvalue weighted by atomic mass is 16.7. The fourth-order valence-electron chi connectivity index (χ4n) is 2.39. The van der Waals surface area contributed by atoms with Gasteiger partial charge in [0, 0.05) is 26.1 Å². The summed E-state index contributed by atoms with van der Waals surface area (Å²) in [5.74, 6) is -2.35. The van der Waals surface area contributed by atoms with E-state index in [0.717, 1.165) is 0 Å². The van der Waals surface area contributed by atoms with Crippen LogP contribution in [0, 0.1) is 0 Å². The first-order chi connectivity index (χ1) is 9.48. The quantitative estimate of drug-likeness (QED) is 0.682. The fourth-order valence-corrected chi connectivity index (χ4v) is 2.39. The SMILES string of the molecule is CCCC(=O)[C@@]1(O)C[C@@H](O)[C@H](OCC)[C@@H](COCC)O1. The number of aliphatic hydroxyl groups excluding tert-OH is 1. The molecule has 1 rings (SSSR count). The summed E-state index contributed by atoms with van der Waals surface area (Å²) in [5, 5.41) is 20.5. The molecule has 4 atom stereocenters. The fraction of sp³-hybridized carbons (Fsp3) is 0.929. The van der Waals surface area contributed by atoms with Crippen LogP contribution in [0.4, 0.5) is 0 Å². The Morgan fingerprint density at radius 2 is 2.05 bits per heavy atom. The van der Waals surface area contributed by atoms with Crippen LogP contribution in [0.5, 0.6) is 0 Å². The lowest BCUT2D eigenvalue weighted by atomic mass is 9.91. The minimum absolute atomic E-state index is 0.167. The van der Waals surface area contributed by atoms with E-state index >= 15 is 0 Å². The number of ketones is 1. The van der Waals surface area contributed by atoms with E-state index in [0.29, 0.717) is 19.6 Å². The maximum atomic E-state index is 12.0. The Morgan fingerprint density at radius 3 is 2.60 bits per heavy atom. The third-order valence-corrected chi connectivity index (χ3v) is 3.34. The van der Waals surface area contributed by atoms with Crippen molar-refractivity contribution in [3.8, 4) is 0 Å². The average molecular weight is 290 g/mol. The van der Waals surface area contributed by atoms with Crippen LogP contribution in [0.3, 0.4) is 0 Å². The number of aliphatic hydroxyl groups is 2. The monoisotopic (exact) mass is 290 g/mol. The van der Waals surface area contributed by atoms with Gasteiger partial charge in [-0.3, -0.25) is 4.79 Å². The van der Waals surface area contributed by atoms with Crippen molar-refractivity contribution < 1.29 is 29.2 Å². The Bertz CT molecular complexity index is 308. The van der Waals surface area contributed by atoms with Crippen LogP contribution in [0.25, 0.3) is 0 Å². The molecule has 6 heteroatoms. The standard InChI is InChI=1S/C14H26O6/c1-4-7-12(16)14(17)8-10(15)13(19-6-3)11(20-14)9-18-5-2/h10-11,13,15,17H,4-9H2,1-3H3/t10-,11-,13+,14-/m1/s1. The van der Waals surface area contributed by atoms with Gasteiger partial charge in [0.05, 0.1) is 12.7 Å². The summed E-state index contributed by atoms with van der Waals surface area (Å²) in [6.07, 6.45) is -1.56. The molecule has 1 aliphatic heterocycles. The van der Waals surface area contributed by atoms with Crippen molar-refractivity contribution in [2.24, 2.45) is 0 Å². The van der Waals surface area contributed by atoms with E-state index in [1.807, 2.05) is 20.8 Å². The number of hydrogen-bond acceptors (Lipinski definition) is 6.